The fraction of sp³-hybridized carbons (Fsp3) is 0.118. The standard InChI is InChI=1S/C17H17NO3/c1-13(17(19)20)11-12-18-15-9-5-6-10-16(15)21-14-7-3-2-4-8-14/h2-11,18H,12H2,1H3,(H,19,20)/b13-11-. The van der Waals surface area contributed by atoms with E-state index in [0.29, 0.717) is 17.9 Å². The molecule has 0 bridgehead atoms. The molecule has 0 unspecified atom stereocenters. The number of para-hydroxylation sites is 3. The minimum atomic E-state index is -0.911. The zero-order valence-electron chi connectivity index (χ0n) is 11.7. The Labute approximate surface area is 123 Å². The van der Waals surface area contributed by atoms with Crippen LogP contribution in [0.1, 0.15) is 6.92 Å². The molecule has 2 rings (SSSR count). The summed E-state index contributed by atoms with van der Waals surface area (Å²) in [7, 11) is 0. The van der Waals surface area contributed by atoms with Crippen LogP contribution in [0.15, 0.2) is 66.2 Å². The first-order valence-corrected chi connectivity index (χ1v) is 6.62. The quantitative estimate of drug-likeness (QED) is 0.789. The third-order valence-corrected chi connectivity index (χ3v) is 2.90. The summed E-state index contributed by atoms with van der Waals surface area (Å²) < 4.78 is 5.81. The number of hydrogen-bond donors (Lipinski definition) is 2. The molecule has 0 aliphatic heterocycles. The zero-order valence-corrected chi connectivity index (χ0v) is 11.7. The molecule has 108 valence electrons. The van der Waals surface area contributed by atoms with E-state index in [-0.39, 0.29) is 0 Å². The van der Waals surface area contributed by atoms with Gasteiger partial charge in [0.1, 0.15) is 5.75 Å². The number of carbonyl (C=O) groups is 1. The summed E-state index contributed by atoms with van der Waals surface area (Å²) >= 11 is 0. The summed E-state index contributed by atoms with van der Waals surface area (Å²) in [5.74, 6) is 0.541. The van der Waals surface area contributed by atoms with Gasteiger partial charge in [-0.2, -0.15) is 0 Å². The molecule has 2 aromatic rings. The molecule has 4 nitrogen and oxygen atoms in total. The Balaban J connectivity index is 2.07. The molecule has 4 heteroatoms. The number of hydrogen-bond acceptors (Lipinski definition) is 3. The summed E-state index contributed by atoms with van der Waals surface area (Å²) in [6.07, 6.45) is 1.63. The molecular weight excluding hydrogens is 266 g/mol. The van der Waals surface area contributed by atoms with Crippen molar-refractivity contribution in [2.75, 3.05) is 11.9 Å². The van der Waals surface area contributed by atoms with Crippen LogP contribution < -0.4 is 10.1 Å². The van der Waals surface area contributed by atoms with Crippen LogP contribution in [0.2, 0.25) is 0 Å². The lowest BCUT2D eigenvalue weighted by atomic mass is 10.2. The van der Waals surface area contributed by atoms with Gasteiger partial charge in [0.25, 0.3) is 0 Å². The summed E-state index contributed by atoms with van der Waals surface area (Å²) in [4.78, 5) is 10.7. The van der Waals surface area contributed by atoms with E-state index in [0.717, 1.165) is 11.4 Å². The van der Waals surface area contributed by atoms with Crippen LogP contribution in [0.25, 0.3) is 0 Å². The summed E-state index contributed by atoms with van der Waals surface area (Å²) in [5.41, 5.74) is 1.12. The largest absolute Gasteiger partial charge is 0.478 e. The Bertz CT molecular complexity index is 635. The first-order valence-electron chi connectivity index (χ1n) is 6.62. The van der Waals surface area contributed by atoms with Crippen LogP contribution in [0, 0.1) is 0 Å². The molecule has 2 aromatic carbocycles. The molecule has 0 atom stereocenters. The van der Waals surface area contributed by atoms with Gasteiger partial charge in [0.2, 0.25) is 0 Å². The van der Waals surface area contributed by atoms with E-state index in [1.807, 2.05) is 54.6 Å². The van der Waals surface area contributed by atoms with Crippen LogP contribution >= 0.6 is 0 Å². The van der Waals surface area contributed by atoms with Gasteiger partial charge in [-0.25, -0.2) is 4.79 Å². The second kappa shape index (κ2) is 7.14. The van der Waals surface area contributed by atoms with Crippen molar-refractivity contribution in [2.45, 2.75) is 6.92 Å². The van der Waals surface area contributed by atoms with E-state index < -0.39 is 5.97 Å². The average molecular weight is 283 g/mol. The molecular formula is C17H17NO3. The monoisotopic (exact) mass is 283 g/mol. The van der Waals surface area contributed by atoms with E-state index in [9.17, 15) is 4.79 Å². The third-order valence-electron chi connectivity index (χ3n) is 2.90. The van der Waals surface area contributed by atoms with E-state index >= 15 is 0 Å². The normalized spacial score (nSPS) is 11.0. The fourth-order valence-electron chi connectivity index (χ4n) is 1.72. The number of benzene rings is 2. The molecule has 0 radical (unpaired) electrons. The van der Waals surface area contributed by atoms with Gasteiger partial charge in [0, 0.05) is 12.1 Å². The first-order chi connectivity index (χ1) is 10.2. The molecule has 2 N–H and O–H groups in total. The molecule has 0 fully saturated rings. The van der Waals surface area contributed by atoms with Gasteiger partial charge in [0.15, 0.2) is 5.75 Å². The van der Waals surface area contributed by atoms with Crippen molar-refractivity contribution >= 4 is 11.7 Å². The minimum absolute atomic E-state index is 0.309. The van der Waals surface area contributed by atoms with Crippen LogP contribution in [0.4, 0.5) is 5.69 Å². The number of nitrogens with one attached hydrogen (secondary N) is 1. The van der Waals surface area contributed by atoms with E-state index in [4.69, 9.17) is 9.84 Å². The highest BCUT2D eigenvalue weighted by atomic mass is 16.5. The smallest absolute Gasteiger partial charge is 0.331 e. The Hall–Kier alpha value is -2.75. The van der Waals surface area contributed by atoms with Crippen molar-refractivity contribution in [3.05, 3.63) is 66.2 Å². The van der Waals surface area contributed by atoms with Crippen LogP contribution in [0.3, 0.4) is 0 Å². The highest BCUT2D eigenvalue weighted by molar-refractivity contribution is 5.85. The number of ether oxygens (including phenoxy) is 1. The molecule has 0 spiro atoms. The number of anilines is 1. The van der Waals surface area contributed by atoms with Gasteiger partial charge >= 0.3 is 5.97 Å². The van der Waals surface area contributed by atoms with Crippen LogP contribution in [0.5, 0.6) is 11.5 Å². The van der Waals surface area contributed by atoms with Gasteiger partial charge in [0.05, 0.1) is 5.69 Å². The van der Waals surface area contributed by atoms with Crippen molar-refractivity contribution in [1.29, 1.82) is 0 Å². The molecule has 0 saturated carbocycles. The lowest BCUT2D eigenvalue weighted by Crippen LogP contribution is -2.04. The van der Waals surface area contributed by atoms with Gasteiger partial charge in [-0.1, -0.05) is 36.4 Å². The predicted octanol–water partition coefficient (Wildman–Crippen LogP) is 3.92. The van der Waals surface area contributed by atoms with E-state index in [2.05, 4.69) is 5.32 Å². The molecule has 21 heavy (non-hydrogen) atoms. The van der Waals surface area contributed by atoms with Crippen molar-refractivity contribution in [3.63, 3.8) is 0 Å². The molecule has 0 aromatic heterocycles. The summed E-state index contributed by atoms with van der Waals surface area (Å²) in [6.45, 7) is 1.99. The predicted molar refractivity (Wildman–Crippen MR) is 82.8 cm³/mol. The SMILES string of the molecule is C/C(=C/CNc1ccccc1Oc1ccccc1)C(=O)O. The molecule has 0 saturated heterocycles. The van der Waals surface area contributed by atoms with Gasteiger partial charge in [-0.05, 0) is 31.2 Å². The maximum absolute atomic E-state index is 10.7. The Kier molecular flexibility index (Phi) is 4.99. The number of carboxylic acid groups (broad SMARTS) is 1. The molecule has 0 amide bonds. The lowest BCUT2D eigenvalue weighted by Gasteiger charge is -2.12. The van der Waals surface area contributed by atoms with E-state index in [1.165, 1.54) is 0 Å². The van der Waals surface area contributed by atoms with E-state index in [1.54, 1.807) is 13.0 Å². The number of carboxylic acids is 1. The maximum atomic E-state index is 10.7. The second-order valence-electron chi connectivity index (χ2n) is 4.48. The maximum Gasteiger partial charge on any atom is 0.331 e. The minimum Gasteiger partial charge on any atom is -0.478 e. The molecule has 0 aliphatic carbocycles. The Morgan fingerprint density at radius 3 is 2.52 bits per heavy atom. The Morgan fingerprint density at radius 2 is 1.81 bits per heavy atom. The third kappa shape index (κ3) is 4.38. The highest BCUT2D eigenvalue weighted by Crippen LogP contribution is 2.28. The highest BCUT2D eigenvalue weighted by Gasteiger charge is 2.04. The number of aliphatic carboxylic acids is 1. The van der Waals surface area contributed by atoms with Crippen molar-refractivity contribution < 1.29 is 14.6 Å². The van der Waals surface area contributed by atoms with Crippen LogP contribution in [-0.4, -0.2) is 17.6 Å². The van der Waals surface area contributed by atoms with Crippen molar-refractivity contribution in [2.24, 2.45) is 0 Å². The second-order valence-corrected chi connectivity index (χ2v) is 4.48. The molecule has 0 heterocycles. The summed E-state index contributed by atoms with van der Waals surface area (Å²) in [6, 6.07) is 17.0. The fourth-order valence-corrected chi connectivity index (χ4v) is 1.72. The van der Waals surface area contributed by atoms with Gasteiger partial charge in [-0.15, -0.1) is 0 Å². The zero-order chi connectivity index (χ0) is 15.1. The van der Waals surface area contributed by atoms with Crippen molar-refractivity contribution in [3.8, 4) is 11.5 Å². The van der Waals surface area contributed by atoms with Gasteiger partial charge < -0.3 is 15.2 Å². The molecule has 0 aliphatic rings. The summed E-state index contributed by atoms with van der Waals surface area (Å²) in [5, 5.41) is 12.0. The topological polar surface area (TPSA) is 58.6 Å². The van der Waals surface area contributed by atoms with Crippen molar-refractivity contribution in [1.82, 2.24) is 0 Å². The van der Waals surface area contributed by atoms with Gasteiger partial charge in [-0.3, -0.25) is 0 Å². The first kappa shape index (κ1) is 14.7. The lowest BCUT2D eigenvalue weighted by molar-refractivity contribution is -0.132. The number of rotatable bonds is 6. The Morgan fingerprint density at radius 1 is 1.14 bits per heavy atom. The average Bonchev–Trinajstić information content (AvgIpc) is 2.50. The van der Waals surface area contributed by atoms with Crippen LogP contribution in [-0.2, 0) is 4.79 Å².